The van der Waals surface area contributed by atoms with E-state index >= 15 is 0 Å². The normalized spacial score (nSPS) is 11.8. The third-order valence-electron chi connectivity index (χ3n) is 5.48. The van der Waals surface area contributed by atoms with Crippen LogP contribution in [-0.2, 0) is 22.6 Å². The van der Waals surface area contributed by atoms with Crippen molar-refractivity contribution >= 4 is 23.4 Å². The van der Waals surface area contributed by atoms with Crippen molar-refractivity contribution in [3.8, 4) is 0 Å². The van der Waals surface area contributed by atoms with Crippen molar-refractivity contribution in [2.24, 2.45) is 5.92 Å². The molecule has 33 heavy (non-hydrogen) atoms. The summed E-state index contributed by atoms with van der Waals surface area (Å²) >= 11 is 6.01. The zero-order chi connectivity index (χ0) is 23.6. The zero-order valence-corrected chi connectivity index (χ0v) is 20.0. The van der Waals surface area contributed by atoms with Gasteiger partial charge in [0.25, 0.3) is 0 Å². The lowest BCUT2D eigenvalue weighted by Crippen LogP contribution is -2.44. The lowest BCUT2D eigenvalue weighted by Gasteiger charge is -2.32. The highest BCUT2D eigenvalue weighted by molar-refractivity contribution is 6.30. The first-order chi connectivity index (χ1) is 15.9. The van der Waals surface area contributed by atoms with Crippen LogP contribution in [0.15, 0.2) is 84.9 Å². The van der Waals surface area contributed by atoms with Crippen LogP contribution in [0.25, 0.3) is 0 Å². The maximum Gasteiger partial charge on any atom is 0.247 e. The van der Waals surface area contributed by atoms with Gasteiger partial charge in [0.2, 0.25) is 11.8 Å². The summed E-state index contributed by atoms with van der Waals surface area (Å²) in [4.78, 5) is 28.7. The molecule has 5 heteroatoms. The minimum absolute atomic E-state index is 0.117. The van der Waals surface area contributed by atoms with E-state index in [2.05, 4.69) is 19.2 Å². The first-order valence-electron chi connectivity index (χ1n) is 11.3. The molecule has 172 valence electrons. The fraction of sp³-hybridized carbons (Fsp3) is 0.286. The van der Waals surface area contributed by atoms with Crippen molar-refractivity contribution in [1.82, 2.24) is 10.2 Å². The van der Waals surface area contributed by atoms with E-state index in [0.717, 1.165) is 23.1 Å². The average Bonchev–Trinajstić information content (AvgIpc) is 2.81. The summed E-state index contributed by atoms with van der Waals surface area (Å²) in [7, 11) is 0. The molecule has 0 saturated carbocycles. The molecule has 0 radical (unpaired) electrons. The summed E-state index contributed by atoms with van der Waals surface area (Å²) in [5.74, 6) is 0.198. The Labute approximate surface area is 201 Å². The van der Waals surface area contributed by atoms with E-state index < -0.39 is 6.04 Å². The van der Waals surface area contributed by atoms with E-state index in [0.29, 0.717) is 24.0 Å². The van der Waals surface area contributed by atoms with Crippen LogP contribution in [0.4, 0.5) is 0 Å². The fourth-order valence-electron chi connectivity index (χ4n) is 3.67. The SMILES string of the molecule is CC(C)CCNC(=O)[C@@H](c1ccccc1)N(Cc1ccccc1)C(=O)Cc1ccc(Cl)cc1. The topological polar surface area (TPSA) is 49.4 Å². The lowest BCUT2D eigenvalue weighted by molar-refractivity contribution is -0.141. The molecule has 0 aliphatic heterocycles. The molecule has 0 fully saturated rings. The number of hydrogen-bond acceptors (Lipinski definition) is 2. The van der Waals surface area contributed by atoms with Gasteiger partial charge in [-0.2, -0.15) is 0 Å². The molecule has 0 spiro atoms. The van der Waals surface area contributed by atoms with Gasteiger partial charge in [-0.1, -0.05) is 98.2 Å². The standard InChI is InChI=1S/C28H31ClN2O2/c1-21(2)17-18-30-28(33)27(24-11-7-4-8-12-24)31(20-23-9-5-3-6-10-23)26(32)19-22-13-15-25(29)16-14-22/h3-16,21,27H,17-20H2,1-2H3,(H,30,33)/t27-/m1/s1. The van der Waals surface area contributed by atoms with Gasteiger partial charge in [-0.3, -0.25) is 9.59 Å². The quantitative estimate of drug-likeness (QED) is 0.413. The van der Waals surface area contributed by atoms with Crippen LogP contribution in [0.2, 0.25) is 5.02 Å². The molecule has 0 bridgehead atoms. The zero-order valence-electron chi connectivity index (χ0n) is 19.2. The Bertz CT molecular complexity index is 1020. The Balaban J connectivity index is 1.93. The van der Waals surface area contributed by atoms with E-state index in [1.807, 2.05) is 72.8 Å². The number of nitrogens with one attached hydrogen (secondary N) is 1. The Kier molecular flexibility index (Phi) is 9.08. The Hall–Kier alpha value is -3.11. The monoisotopic (exact) mass is 462 g/mol. The molecule has 2 amide bonds. The Morgan fingerprint density at radius 2 is 1.45 bits per heavy atom. The van der Waals surface area contributed by atoms with Crippen LogP contribution in [0, 0.1) is 5.92 Å². The van der Waals surface area contributed by atoms with E-state index in [1.165, 1.54) is 0 Å². The number of halogens is 1. The summed E-state index contributed by atoms with van der Waals surface area (Å²) in [5, 5.41) is 3.68. The van der Waals surface area contributed by atoms with Gasteiger partial charge in [-0.15, -0.1) is 0 Å². The third-order valence-corrected chi connectivity index (χ3v) is 5.73. The predicted molar refractivity (Wildman–Crippen MR) is 134 cm³/mol. The molecule has 1 N–H and O–H groups in total. The second kappa shape index (κ2) is 12.2. The highest BCUT2D eigenvalue weighted by Gasteiger charge is 2.31. The first kappa shape index (κ1) is 24.5. The molecule has 1 atom stereocenters. The number of nitrogens with zero attached hydrogens (tertiary/aromatic N) is 1. The van der Waals surface area contributed by atoms with Crippen molar-refractivity contribution < 1.29 is 9.59 Å². The van der Waals surface area contributed by atoms with Crippen LogP contribution in [0.1, 0.15) is 43.0 Å². The largest absolute Gasteiger partial charge is 0.354 e. The molecule has 3 rings (SSSR count). The van der Waals surface area contributed by atoms with E-state index in [1.54, 1.807) is 17.0 Å². The summed E-state index contributed by atoms with van der Waals surface area (Å²) in [6, 6.07) is 25.8. The number of hydrogen-bond donors (Lipinski definition) is 1. The molecule has 0 aliphatic rings. The van der Waals surface area contributed by atoms with Crippen LogP contribution in [-0.4, -0.2) is 23.3 Å². The summed E-state index contributed by atoms with van der Waals surface area (Å²) in [6.45, 7) is 5.16. The number of benzene rings is 3. The van der Waals surface area contributed by atoms with Gasteiger partial charge in [0.1, 0.15) is 6.04 Å². The molecular formula is C28H31ClN2O2. The molecule has 0 heterocycles. The van der Waals surface area contributed by atoms with Crippen LogP contribution in [0.3, 0.4) is 0 Å². The molecule has 3 aromatic carbocycles. The van der Waals surface area contributed by atoms with Crippen LogP contribution >= 0.6 is 11.6 Å². The highest BCUT2D eigenvalue weighted by Crippen LogP contribution is 2.25. The van der Waals surface area contributed by atoms with Crippen molar-refractivity contribution in [2.75, 3.05) is 6.54 Å². The molecule has 3 aromatic rings. The van der Waals surface area contributed by atoms with Gasteiger partial charge >= 0.3 is 0 Å². The molecule has 0 unspecified atom stereocenters. The van der Waals surface area contributed by atoms with Gasteiger partial charge in [-0.25, -0.2) is 0 Å². The number of rotatable bonds is 10. The Morgan fingerprint density at radius 3 is 2.06 bits per heavy atom. The van der Waals surface area contributed by atoms with Gasteiger partial charge in [0.05, 0.1) is 6.42 Å². The van der Waals surface area contributed by atoms with Crippen molar-refractivity contribution in [3.05, 3.63) is 107 Å². The second-order valence-electron chi connectivity index (χ2n) is 8.60. The maximum atomic E-state index is 13.6. The Morgan fingerprint density at radius 1 is 0.848 bits per heavy atom. The van der Waals surface area contributed by atoms with E-state index in [9.17, 15) is 9.59 Å². The average molecular weight is 463 g/mol. The third kappa shape index (κ3) is 7.47. The second-order valence-corrected chi connectivity index (χ2v) is 9.03. The van der Waals surface area contributed by atoms with Gasteiger partial charge < -0.3 is 10.2 Å². The number of amides is 2. The van der Waals surface area contributed by atoms with Crippen molar-refractivity contribution in [1.29, 1.82) is 0 Å². The molecule has 4 nitrogen and oxygen atoms in total. The first-order valence-corrected chi connectivity index (χ1v) is 11.7. The van der Waals surface area contributed by atoms with Gasteiger partial charge in [0, 0.05) is 18.1 Å². The smallest absolute Gasteiger partial charge is 0.247 e. The minimum Gasteiger partial charge on any atom is -0.354 e. The molecule has 0 saturated heterocycles. The maximum absolute atomic E-state index is 13.6. The lowest BCUT2D eigenvalue weighted by atomic mass is 10.0. The predicted octanol–water partition coefficient (Wildman–Crippen LogP) is 5.81. The van der Waals surface area contributed by atoms with Gasteiger partial charge in [0.15, 0.2) is 0 Å². The van der Waals surface area contributed by atoms with Gasteiger partial charge in [-0.05, 0) is 41.2 Å². The summed E-state index contributed by atoms with van der Waals surface area (Å²) < 4.78 is 0. The molecule has 0 aliphatic carbocycles. The molecule has 0 aromatic heterocycles. The minimum atomic E-state index is -0.724. The van der Waals surface area contributed by atoms with Crippen LogP contribution < -0.4 is 5.32 Å². The van der Waals surface area contributed by atoms with Crippen LogP contribution in [0.5, 0.6) is 0 Å². The van der Waals surface area contributed by atoms with E-state index in [-0.39, 0.29) is 18.2 Å². The van der Waals surface area contributed by atoms with Crippen molar-refractivity contribution in [3.63, 3.8) is 0 Å². The van der Waals surface area contributed by atoms with E-state index in [4.69, 9.17) is 11.6 Å². The number of carbonyl (C=O) groups is 2. The molecular weight excluding hydrogens is 432 g/mol. The highest BCUT2D eigenvalue weighted by atomic mass is 35.5. The summed E-state index contributed by atoms with van der Waals surface area (Å²) in [6.07, 6.45) is 1.07. The number of carbonyl (C=O) groups excluding carboxylic acids is 2. The fourth-order valence-corrected chi connectivity index (χ4v) is 3.80. The summed E-state index contributed by atoms with van der Waals surface area (Å²) in [5.41, 5.74) is 2.62. The van der Waals surface area contributed by atoms with Crippen molar-refractivity contribution in [2.45, 2.75) is 39.3 Å².